The molecule has 0 radical (unpaired) electrons. The molecule has 1 saturated heterocycles. The van der Waals surface area contributed by atoms with Crippen LogP contribution in [0.2, 0.25) is 5.02 Å². The van der Waals surface area contributed by atoms with Gasteiger partial charge in [0.1, 0.15) is 5.69 Å². The van der Waals surface area contributed by atoms with Crippen LogP contribution < -0.4 is 0 Å². The lowest BCUT2D eigenvalue weighted by Gasteiger charge is -2.19. The maximum atomic E-state index is 13.0. The number of rotatable bonds is 3. The van der Waals surface area contributed by atoms with Crippen molar-refractivity contribution in [1.82, 2.24) is 19.2 Å². The van der Waals surface area contributed by atoms with Crippen LogP contribution in [0.1, 0.15) is 16.9 Å². The average Bonchev–Trinajstić information content (AvgIpc) is 3.14. The van der Waals surface area contributed by atoms with E-state index in [-0.39, 0.29) is 5.91 Å². The van der Waals surface area contributed by atoms with Crippen molar-refractivity contribution in [3.05, 3.63) is 46.6 Å². The summed E-state index contributed by atoms with van der Waals surface area (Å²) >= 11 is 7.70. The fourth-order valence-corrected chi connectivity index (χ4v) is 4.22. The number of carbonyl (C=O) groups is 2. The maximum Gasteiger partial charge on any atom is 0.271 e. The first-order chi connectivity index (χ1) is 12.7. The normalized spacial score (nSPS) is 15.3. The first kappa shape index (κ1) is 17.1. The minimum atomic E-state index is -0.0351. The van der Waals surface area contributed by atoms with Gasteiger partial charge >= 0.3 is 0 Å². The number of fused-ring (bicyclic) bond motifs is 1. The van der Waals surface area contributed by atoms with Gasteiger partial charge in [-0.3, -0.25) is 14.0 Å². The third-order valence-corrected chi connectivity index (χ3v) is 5.71. The van der Waals surface area contributed by atoms with Gasteiger partial charge in [-0.2, -0.15) is 0 Å². The Morgan fingerprint density at radius 3 is 2.85 bits per heavy atom. The van der Waals surface area contributed by atoms with Crippen LogP contribution in [0.25, 0.3) is 16.2 Å². The quantitative estimate of drug-likeness (QED) is 0.648. The zero-order valence-corrected chi connectivity index (χ0v) is 15.5. The van der Waals surface area contributed by atoms with Crippen LogP contribution in [0.3, 0.4) is 0 Å². The van der Waals surface area contributed by atoms with Gasteiger partial charge in [0, 0.05) is 43.3 Å². The van der Waals surface area contributed by atoms with Crippen molar-refractivity contribution in [1.29, 1.82) is 0 Å². The first-order valence-electron chi connectivity index (χ1n) is 8.37. The second-order valence-electron chi connectivity index (χ2n) is 6.17. The summed E-state index contributed by atoms with van der Waals surface area (Å²) in [6, 6.07) is 7.53. The Labute approximate surface area is 159 Å². The Hall–Kier alpha value is -2.38. The number of carbonyl (C=O) groups excluding carboxylic acids is 2. The van der Waals surface area contributed by atoms with Gasteiger partial charge < -0.3 is 9.80 Å². The first-order valence-corrected chi connectivity index (χ1v) is 9.63. The number of benzene rings is 1. The fraction of sp³-hybridized carbons (Fsp3) is 0.278. The number of hydrogen-bond acceptors (Lipinski definition) is 4. The van der Waals surface area contributed by atoms with E-state index in [4.69, 9.17) is 11.6 Å². The Kier molecular flexibility index (Phi) is 4.65. The third kappa shape index (κ3) is 3.08. The van der Waals surface area contributed by atoms with Gasteiger partial charge in [0.2, 0.25) is 6.41 Å². The zero-order chi connectivity index (χ0) is 18.1. The second kappa shape index (κ2) is 7.09. The summed E-state index contributed by atoms with van der Waals surface area (Å²) in [7, 11) is 0. The van der Waals surface area contributed by atoms with Gasteiger partial charge in [0.25, 0.3) is 5.91 Å². The molecule has 2 amide bonds. The number of amides is 2. The topological polar surface area (TPSA) is 57.9 Å². The van der Waals surface area contributed by atoms with Crippen LogP contribution in [0.15, 0.2) is 35.8 Å². The highest BCUT2D eigenvalue weighted by Crippen LogP contribution is 2.29. The van der Waals surface area contributed by atoms with Crippen LogP contribution in [-0.4, -0.2) is 57.7 Å². The summed E-state index contributed by atoms with van der Waals surface area (Å²) < 4.78 is 1.83. The molecule has 0 saturated carbocycles. The molecular formula is C18H17ClN4O2S. The fourth-order valence-electron chi connectivity index (χ4n) is 3.14. The molecule has 4 rings (SSSR count). The molecule has 0 unspecified atom stereocenters. The van der Waals surface area contributed by atoms with E-state index in [0.29, 0.717) is 36.9 Å². The summed E-state index contributed by atoms with van der Waals surface area (Å²) in [6.07, 6.45) is 3.49. The summed E-state index contributed by atoms with van der Waals surface area (Å²) in [4.78, 5) is 32.8. The van der Waals surface area contributed by atoms with Crippen molar-refractivity contribution < 1.29 is 9.59 Å². The number of thiazole rings is 1. The lowest BCUT2D eigenvalue weighted by atomic mass is 10.2. The third-order valence-electron chi connectivity index (χ3n) is 4.54. The van der Waals surface area contributed by atoms with Gasteiger partial charge in [0.15, 0.2) is 4.96 Å². The molecule has 1 aliphatic heterocycles. The van der Waals surface area contributed by atoms with Crippen molar-refractivity contribution >= 4 is 40.2 Å². The number of halogens is 1. The van der Waals surface area contributed by atoms with Crippen LogP contribution in [0.4, 0.5) is 0 Å². The van der Waals surface area contributed by atoms with Crippen LogP contribution in [0.5, 0.6) is 0 Å². The summed E-state index contributed by atoms with van der Waals surface area (Å²) in [5, 5.41) is 2.47. The van der Waals surface area contributed by atoms with E-state index in [0.717, 1.165) is 29.0 Å². The molecule has 3 aromatic rings. The monoisotopic (exact) mass is 388 g/mol. The van der Waals surface area contributed by atoms with Crippen molar-refractivity contribution in [3.63, 3.8) is 0 Å². The highest BCUT2D eigenvalue weighted by molar-refractivity contribution is 7.15. The Morgan fingerprint density at radius 2 is 2.04 bits per heavy atom. The van der Waals surface area contributed by atoms with E-state index in [2.05, 4.69) is 4.98 Å². The van der Waals surface area contributed by atoms with E-state index in [1.54, 1.807) is 9.80 Å². The van der Waals surface area contributed by atoms with E-state index < -0.39 is 0 Å². The lowest BCUT2D eigenvalue weighted by molar-refractivity contribution is -0.118. The molecule has 8 heteroatoms. The highest BCUT2D eigenvalue weighted by atomic mass is 35.5. The molecule has 0 spiro atoms. The Bertz CT molecular complexity index is 967. The van der Waals surface area contributed by atoms with Gasteiger partial charge in [-0.1, -0.05) is 29.8 Å². The Balaban J connectivity index is 1.64. The maximum absolute atomic E-state index is 13.0. The molecule has 1 aliphatic rings. The van der Waals surface area contributed by atoms with E-state index >= 15 is 0 Å². The molecule has 134 valence electrons. The largest absolute Gasteiger partial charge is 0.343 e. The predicted molar refractivity (Wildman–Crippen MR) is 102 cm³/mol. The smallest absolute Gasteiger partial charge is 0.271 e. The zero-order valence-electron chi connectivity index (χ0n) is 14.0. The van der Waals surface area contributed by atoms with E-state index in [1.807, 2.05) is 40.2 Å². The number of aromatic nitrogens is 2. The number of nitrogens with zero attached hydrogens (tertiary/aromatic N) is 4. The molecule has 1 fully saturated rings. The van der Waals surface area contributed by atoms with Gasteiger partial charge in [0.05, 0.1) is 10.7 Å². The number of imidazole rings is 1. The summed E-state index contributed by atoms with van der Waals surface area (Å²) in [5.41, 5.74) is 2.19. The molecule has 6 nitrogen and oxygen atoms in total. The minimum absolute atomic E-state index is 0.0351. The molecule has 0 atom stereocenters. The minimum Gasteiger partial charge on any atom is -0.343 e. The highest BCUT2D eigenvalue weighted by Gasteiger charge is 2.23. The van der Waals surface area contributed by atoms with Gasteiger partial charge in [-0.25, -0.2) is 4.98 Å². The molecule has 1 aromatic carbocycles. The molecular weight excluding hydrogens is 372 g/mol. The SMILES string of the molecule is O=CN1CCCN(C(=O)c2csc3nc(-c4ccccc4Cl)cn23)CC1. The van der Waals surface area contributed by atoms with E-state index in [9.17, 15) is 9.59 Å². The van der Waals surface area contributed by atoms with Gasteiger partial charge in [-0.05, 0) is 12.5 Å². The molecule has 2 aromatic heterocycles. The molecule has 3 heterocycles. The van der Waals surface area contributed by atoms with Crippen LogP contribution >= 0.6 is 22.9 Å². The average molecular weight is 389 g/mol. The molecule has 26 heavy (non-hydrogen) atoms. The molecule has 0 aliphatic carbocycles. The summed E-state index contributed by atoms with van der Waals surface area (Å²) in [6.45, 7) is 2.44. The van der Waals surface area contributed by atoms with Crippen molar-refractivity contribution in [2.75, 3.05) is 26.2 Å². The predicted octanol–water partition coefficient (Wildman–Crippen LogP) is 3.02. The van der Waals surface area contributed by atoms with Gasteiger partial charge in [-0.15, -0.1) is 11.3 Å². The Morgan fingerprint density at radius 1 is 1.19 bits per heavy atom. The molecule has 0 bridgehead atoms. The lowest BCUT2D eigenvalue weighted by Crippen LogP contribution is -2.35. The van der Waals surface area contributed by atoms with E-state index in [1.165, 1.54) is 11.3 Å². The van der Waals surface area contributed by atoms with Crippen LogP contribution in [-0.2, 0) is 4.79 Å². The van der Waals surface area contributed by atoms with Crippen molar-refractivity contribution in [3.8, 4) is 11.3 Å². The molecule has 0 N–H and O–H groups in total. The van der Waals surface area contributed by atoms with Crippen LogP contribution in [0, 0.1) is 0 Å². The summed E-state index contributed by atoms with van der Waals surface area (Å²) in [5.74, 6) is -0.0351. The standard InChI is InChI=1S/C18H17ClN4O2S/c19-14-5-2-1-4-13(14)15-10-23-16(11-26-18(23)20-15)17(25)22-7-3-6-21(12-24)8-9-22/h1-2,4-5,10-12H,3,6-9H2. The van der Waals surface area contributed by atoms with Crippen molar-refractivity contribution in [2.45, 2.75) is 6.42 Å². The number of hydrogen-bond donors (Lipinski definition) is 0. The van der Waals surface area contributed by atoms with Crippen molar-refractivity contribution in [2.24, 2.45) is 0 Å². The second-order valence-corrected chi connectivity index (χ2v) is 7.41.